The number of carbonyl (C=O) groups is 2. The third kappa shape index (κ3) is 5.50. The fourth-order valence-corrected chi connectivity index (χ4v) is 2.24. The molecule has 6 heteroatoms. The van der Waals surface area contributed by atoms with Gasteiger partial charge in [0.05, 0.1) is 0 Å². The van der Waals surface area contributed by atoms with E-state index in [-0.39, 0.29) is 5.91 Å². The molecule has 5 nitrogen and oxygen atoms in total. The Bertz CT molecular complexity index is 780. The molecule has 25 heavy (non-hydrogen) atoms. The van der Waals surface area contributed by atoms with Crippen LogP contribution in [0.1, 0.15) is 36.7 Å². The number of ether oxygens (including phenoxy) is 1. The number of rotatable bonds is 3. The van der Waals surface area contributed by atoms with Crippen molar-refractivity contribution in [2.45, 2.75) is 33.3 Å². The third-order valence-corrected chi connectivity index (χ3v) is 3.72. The van der Waals surface area contributed by atoms with E-state index < -0.39 is 11.7 Å². The largest absolute Gasteiger partial charge is 0.444 e. The highest BCUT2D eigenvalue weighted by atomic mass is 35.5. The van der Waals surface area contributed by atoms with Gasteiger partial charge in [0, 0.05) is 22.0 Å². The van der Waals surface area contributed by atoms with E-state index in [2.05, 4.69) is 10.6 Å². The summed E-state index contributed by atoms with van der Waals surface area (Å²) in [7, 11) is 0. The number of nitrogens with one attached hydrogen (secondary N) is 2. The molecule has 0 saturated heterocycles. The van der Waals surface area contributed by atoms with Gasteiger partial charge in [-0.15, -0.1) is 0 Å². The molecule has 2 aromatic rings. The summed E-state index contributed by atoms with van der Waals surface area (Å²) in [4.78, 5) is 24.1. The zero-order valence-corrected chi connectivity index (χ0v) is 15.4. The summed E-state index contributed by atoms with van der Waals surface area (Å²) in [5.41, 5.74) is 1.91. The van der Waals surface area contributed by atoms with E-state index in [0.29, 0.717) is 22.0 Å². The van der Waals surface area contributed by atoms with Gasteiger partial charge in [-0.1, -0.05) is 17.7 Å². The summed E-state index contributed by atoms with van der Waals surface area (Å²) in [6.07, 6.45) is -0.542. The summed E-state index contributed by atoms with van der Waals surface area (Å²) in [6, 6.07) is 11.9. The molecular formula is C19H21ClN2O3. The highest BCUT2D eigenvalue weighted by Crippen LogP contribution is 2.23. The van der Waals surface area contributed by atoms with E-state index in [0.717, 1.165) is 5.56 Å². The molecule has 0 aliphatic heterocycles. The van der Waals surface area contributed by atoms with Crippen LogP contribution in [0.4, 0.5) is 16.2 Å². The smallest absolute Gasteiger partial charge is 0.412 e. The molecule has 0 fully saturated rings. The Labute approximate surface area is 152 Å². The topological polar surface area (TPSA) is 67.4 Å². The minimum Gasteiger partial charge on any atom is -0.444 e. The van der Waals surface area contributed by atoms with E-state index in [9.17, 15) is 9.59 Å². The van der Waals surface area contributed by atoms with Crippen molar-refractivity contribution in [2.75, 3.05) is 10.6 Å². The van der Waals surface area contributed by atoms with Gasteiger partial charge in [-0.3, -0.25) is 10.1 Å². The molecule has 0 spiro atoms. The number of amides is 2. The summed E-state index contributed by atoms with van der Waals surface area (Å²) in [6.45, 7) is 7.21. The van der Waals surface area contributed by atoms with Crippen molar-refractivity contribution in [2.24, 2.45) is 0 Å². The van der Waals surface area contributed by atoms with E-state index in [4.69, 9.17) is 16.3 Å². The van der Waals surface area contributed by atoms with Crippen LogP contribution in [0, 0.1) is 6.92 Å². The quantitative estimate of drug-likeness (QED) is 0.785. The van der Waals surface area contributed by atoms with Gasteiger partial charge in [0.15, 0.2) is 0 Å². The molecule has 2 aromatic carbocycles. The van der Waals surface area contributed by atoms with E-state index in [1.165, 1.54) is 0 Å². The molecule has 0 bridgehead atoms. The number of benzene rings is 2. The normalized spacial score (nSPS) is 10.9. The van der Waals surface area contributed by atoms with Crippen molar-refractivity contribution >= 4 is 35.0 Å². The average Bonchev–Trinajstić information content (AvgIpc) is 2.50. The first-order chi connectivity index (χ1) is 11.7. The van der Waals surface area contributed by atoms with Gasteiger partial charge in [0.1, 0.15) is 5.60 Å². The van der Waals surface area contributed by atoms with Crippen LogP contribution in [0.3, 0.4) is 0 Å². The van der Waals surface area contributed by atoms with Gasteiger partial charge in [-0.2, -0.15) is 0 Å². The van der Waals surface area contributed by atoms with E-state index in [1.54, 1.807) is 63.2 Å². The lowest BCUT2D eigenvalue weighted by atomic mass is 10.1. The first-order valence-corrected chi connectivity index (χ1v) is 8.20. The zero-order chi connectivity index (χ0) is 18.6. The Morgan fingerprint density at radius 1 is 1.00 bits per heavy atom. The van der Waals surface area contributed by atoms with Crippen molar-refractivity contribution in [1.29, 1.82) is 0 Å². The van der Waals surface area contributed by atoms with Gasteiger partial charge < -0.3 is 10.1 Å². The average molecular weight is 361 g/mol. The maximum absolute atomic E-state index is 12.3. The molecule has 0 saturated carbocycles. The van der Waals surface area contributed by atoms with Gasteiger partial charge in [-0.05, 0) is 69.7 Å². The van der Waals surface area contributed by atoms with Crippen LogP contribution in [0.5, 0.6) is 0 Å². The second kappa shape index (κ2) is 7.57. The van der Waals surface area contributed by atoms with Crippen molar-refractivity contribution in [1.82, 2.24) is 0 Å². The van der Waals surface area contributed by atoms with Crippen LogP contribution < -0.4 is 10.6 Å². The number of halogens is 1. The minimum atomic E-state index is -0.571. The van der Waals surface area contributed by atoms with E-state index in [1.807, 2.05) is 6.92 Å². The summed E-state index contributed by atoms with van der Waals surface area (Å²) in [5.74, 6) is -0.255. The summed E-state index contributed by atoms with van der Waals surface area (Å²) >= 11 is 6.05. The predicted octanol–water partition coefficient (Wildman–Crippen LogP) is 5.25. The molecule has 2 rings (SSSR count). The van der Waals surface area contributed by atoms with Crippen molar-refractivity contribution in [3.05, 3.63) is 58.6 Å². The van der Waals surface area contributed by atoms with Crippen LogP contribution >= 0.6 is 11.6 Å². The van der Waals surface area contributed by atoms with Crippen molar-refractivity contribution < 1.29 is 14.3 Å². The highest BCUT2D eigenvalue weighted by Gasteiger charge is 2.16. The maximum Gasteiger partial charge on any atom is 0.412 e. The fourth-order valence-electron chi connectivity index (χ4n) is 2.06. The molecular weight excluding hydrogens is 340 g/mol. The molecule has 0 unspecified atom stereocenters. The molecule has 0 aliphatic carbocycles. The Balaban J connectivity index is 2.03. The van der Waals surface area contributed by atoms with Crippen molar-refractivity contribution in [3.63, 3.8) is 0 Å². The molecule has 0 atom stereocenters. The monoisotopic (exact) mass is 360 g/mol. The van der Waals surface area contributed by atoms with Crippen LogP contribution in [-0.2, 0) is 4.74 Å². The number of hydrogen-bond acceptors (Lipinski definition) is 3. The highest BCUT2D eigenvalue weighted by molar-refractivity contribution is 6.31. The SMILES string of the molecule is Cc1c(Cl)cccc1NC(=O)c1ccc(NC(=O)OC(C)(C)C)cc1. The number of anilines is 2. The molecule has 0 aromatic heterocycles. The van der Waals surface area contributed by atoms with Crippen molar-refractivity contribution in [3.8, 4) is 0 Å². The summed E-state index contributed by atoms with van der Waals surface area (Å²) < 4.78 is 5.18. The van der Waals surface area contributed by atoms with Crippen LogP contribution in [0.2, 0.25) is 5.02 Å². The van der Waals surface area contributed by atoms with Crippen LogP contribution in [0.15, 0.2) is 42.5 Å². The van der Waals surface area contributed by atoms with Crippen LogP contribution in [0.25, 0.3) is 0 Å². The number of carbonyl (C=O) groups excluding carboxylic acids is 2. The Hall–Kier alpha value is -2.53. The lowest BCUT2D eigenvalue weighted by molar-refractivity contribution is 0.0636. The first-order valence-electron chi connectivity index (χ1n) is 7.82. The van der Waals surface area contributed by atoms with Gasteiger partial charge in [-0.25, -0.2) is 4.79 Å². The second-order valence-electron chi connectivity index (χ2n) is 6.57. The zero-order valence-electron chi connectivity index (χ0n) is 14.6. The standard InChI is InChI=1S/C19H21ClN2O3/c1-12-15(20)6-5-7-16(12)22-17(23)13-8-10-14(11-9-13)21-18(24)25-19(2,3)4/h5-11H,1-4H3,(H,21,24)(H,22,23). The first kappa shape index (κ1) is 18.8. The Morgan fingerprint density at radius 2 is 1.64 bits per heavy atom. The summed E-state index contributed by atoms with van der Waals surface area (Å²) in [5, 5.41) is 6.04. The second-order valence-corrected chi connectivity index (χ2v) is 6.98. The molecule has 132 valence electrons. The molecule has 0 aliphatic rings. The van der Waals surface area contributed by atoms with Crippen LogP contribution in [-0.4, -0.2) is 17.6 Å². The Morgan fingerprint density at radius 3 is 2.24 bits per heavy atom. The third-order valence-electron chi connectivity index (χ3n) is 3.31. The molecule has 2 amide bonds. The fraction of sp³-hybridized carbons (Fsp3) is 0.263. The lowest BCUT2D eigenvalue weighted by Crippen LogP contribution is -2.27. The molecule has 2 N–H and O–H groups in total. The van der Waals surface area contributed by atoms with E-state index >= 15 is 0 Å². The lowest BCUT2D eigenvalue weighted by Gasteiger charge is -2.19. The minimum absolute atomic E-state index is 0.255. The maximum atomic E-state index is 12.3. The van der Waals surface area contributed by atoms with Gasteiger partial charge in [0.2, 0.25) is 0 Å². The Kier molecular flexibility index (Phi) is 5.69. The van der Waals surface area contributed by atoms with Gasteiger partial charge in [0.25, 0.3) is 5.91 Å². The number of hydrogen-bond donors (Lipinski definition) is 2. The predicted molar refractivity (Wildman–Crippen MR) is 100 cm³/mol. The molecule has 0 radical (unpaired) electrons. The molecule has 0 heterocycles. The van der Waals surface area contributed by atoms with Gasteiger partial charge >= 0.3 is 6.09 Å².